The first-order chi connectivity index (χ1) is 10.3. The molecular formula is C17H28N2OS. The smallest absolute Gasteiger partial charge is 0.0475 e. The fourth-order valence-corrected chi connectivity index (χ4v) is 4.60. The molecule has 2 N–H and O–H groups in total. The van der Waals surface area contributed by atoms with Gasteiger partial charge in [-0.2, -0.15) is 11.3 Å². The summed E-state index contributed by atoms with van der Waals surface area (Å²) in [5.74, 6) is 1.52. The van der Waals surface area contributed by atoms with Crippen molar-refractivity contribution >= 4 is 17.0 Å². The van der Waals surface area contributed by atoms with E-state index in [1.807, 2.05) is 0 Å². The van der Waals surface area contributed by atoms with Crippen molar-refractivity contribution in [3.8, 4) is 0 Å². The van der Waals surface area contributed by atoms with Crippen LogP contribution in [0.2, 0.25) is 0 Å². The molecule has 2 unspecified atom stereocenters. The zero-order valence-corrected chi connectivity index (χ0v) is 13.7. The average Bonchev–Trinajstić information content (AvgIpc) is 3.19. The van der Waals surface area contributed by atoms with Gasteiger partial charge in [0.2, 0.25) is 0 Å². The summed E-state index contributed by atoms with van der Waals surface area (Å²) in [7, 11) is 0. The SMILES string of the molecule is OCCC1CC(NCC2CCCC2)CN(c2ccsc2)C1. The number of hydrogen-bond acceptors (Lipinski definition) is 4. The Bertz CT molecular complexity index is 403. The van der Waals surface area contributed by atoms with Gasteiger partial charge in [0.1, 0.15) is 0 Å². The molecule has 1 aromatic heterocycles. The van der Waals surface area contributed by atoms with E-state index < -0.39 is 0 Å². The highest BCUT2D eigenvalue weighted by atomic mass is 32.1. The van der Waals surface area contributed by atoms with Gasteiger partial charge >= 0.3 is 0 Å². The van der Waals surface area contributed by atoms with Crippen LogP contribution in [0.15, 0.2) is 16.8 Å². The minimum atomic E-state index is 0.317. The lowest BCUT2D eigenvalue weighted by Crippen LogP contribution is -2.50. The number of nitrogens with one attached hydrogen (secondary N) is 1. The molecule has 4 heteroatoms. The lowest BCUT2D eigenvalue weighted by molar-refractivity contribution is 0.228. The van der Waals surface area contributed by atoms with Gasteiger partial charge < -0.3 is 15.3 Å². The highest BCUT2D eigenvalue weighted by Gasteiger charge is 2.28. The lowest BCUT2D eigenvalue weighted by Gasteiger charge is -2.39. The van der Waals surface area contributed by atoms with Crippen LogP contribution in [0.5, 0.6) is 0 Å². The second-order valence-corrected chi connectivity index (χ2v) is 7.54. The maximum absolute atomic E-state index is 9.29. The van der Waals surface area contributed by atoms with Gasteiger partial charge in [-0.25, -0.2) is 0 Å². The summed E-state index contributed by atoms with van der Waals surface area (Å²) >= 11 is 1.77. The number of thiophene rings is 1. The Morgan fingerprint density at radius 1 is 1.24 bits per heavy atom. The van der Waals surface area contributed by atoms with Gasteiger partial charge in [0.15, 0.2) is 0 Å². The Morgan fingerprint density at radius 3 is 2.81 bits per heavy atom. The van der Waals surface area contributed by atoms with E-state index in [9.17, 15) is 5.11 Å². The van der Waals surface area contributed by atoms with Gasteiger partial charge in [0, 0.05) is 36.8 Å². The fourth-order valence-electron chi connectivity index (χ4n) is 3.94. The van der Waals surface area contributed by atoms with Crippen LogP contribution < -0.4 is 10.2 Å². The van der Waals surface area contributed by atoms with Crippen molar-refractivity contribution in [2.75, 3.05) is 31.1 Å². The van der Waals surface area contributed by atoms with Crippen LogP contribution in [0, 0.1) is 11.8 Å². The van der Waals surface area contributed by atoms with Crippen molar-refractivity contribution < 1.29 is 5.11 Å². The van der Waals surface area contributed by atoms with Gasteiger partial charge in [-0.15, -0.1) is 0 Å². The molecule has 21 heavy (non-hydrogen) atoms. The van der Waals surface area contributed by atoms with E-state index in [1.54, 1.807) is 11.3 Å². The van der Waals surface area contributed by atoms with Crippen LogP contribution >= 0.6 is 11.3 Å². The van der Waals surface area contributed by atoms with Crippen molar-refractivity contribution in [3.63, 3.8) is 0 Å². The zero-order valence-electron chi connectivity index (χ0n) is 12.8. The van der Waals surface area contributed by atoms with Crippen LogP contribution in [-0.4, -0.2) is 37.4 Å². The van der Waals surface area contributed by atoms with E-state index in [0.717, 1.165) is 25.4 Å². The number of nitrogens with zero attached hydrogens (tertiary/aromatic N) is 1. The first kappa shape index (κ1) is 15.3. The Kier molecular flexibility index (Phi) is 5.55. The molecule has 3 rings (SSSR count). The molecule has 3 nitrogen and oxygen atoms in total. The van der Waals surface area contributed by atoms with Gasteiger partial charge in [-0.05, 0) is 55.5 Å². The van der Waals surface area contributed by atoms with Crippen molar-refractivity contribution in [3.05, 3.63) is 16.8 Å². The number of hydrogen-bond donors (Lipinski definition) is 2. The summed E-state index contributed by atoms with van der Waals surface area (Å²) in [6, 6.07) is 2.80. The zero-order chi connectivity index (χ0) is 14.5. The lowest BCUT2D eigenvalue weighted by atomic mass is 9.91. The molecule has 2 heterocycles. The molecule has 0 bridgehead atoms. The summed E-state index contributed by atoms with van der Waals surface area (Å²) in [6.07, 6.45) is 7.81. The molecule has 118 valence electrons. The number of piperidine rings is 1. The molecule has 2 atom stereocenters. The van der Waals surface area contributed by atoms with Gasteiger partial charge in [0.05, 0.1) is 0 Å². The molecule has 1 saturated carbocycles. The minimum Gasteiger partial charge on any atom is -0.396 e. The Balaban J connectivity index is 1.56. The Morgan fingerprint density at radius 2 is 2.10 bits per heavy atom. The van der Waals surface area contributed by atoms with E-state index in [2.05, 4.69) is 27.0 Å². The normalized spacial score (nSPS) is 27.4. The summed E-state index contributed by atoms with van der Waals surface area (Å²) in [6.45, 7) is 3.72. The third kappa shape index (κ3) is 4.21. The molecule has 1 aromatic rings. The predicted octanol–water partition coefficient (Wildman–Crippen LogP) is 3.11. The molecule has 0 spiro atoms. The van der Waals surface area contributed by atoms with Gasteiger partial charge in [-0.3, -0.25) is 0 Å². The first-order valence-electron chi connectivity index (χ1n) is 8.46. The van der Waals surface area contributed by atoms with Crippen LogP contribution in [-0.2, 0) is 0 Å². The Labute approximate surface area is 132 Å². The third-order valence-corrected chi connectivity index (χ3v) is 5.79. The maximum atomic E-state index is 9.29. The highest BCUT2D eigenvalue weighted by molar-refractivity contribution is 7.08. The van der Waals surface area contributed by atoms with E-state index >= 15 is 0 Å². The molecule has 0 amide bonds. The minimum absolute atomic E-state index is 0.317. The van der Waals surface area contributed by atoms with Crippen molar-refractivity contribution in [2.24, 2.45) is 11.8 Å². The molecule has 2 fully saturated rings. The maximum Gasteiger partial charge on any atom is 0.0475 e. The second-order valence-electron chi connectivity index (χ2n) is 6.76. The average molecular weight is 308 g/mol. The molecule has 1 aliphatic carbocycles. The summed E-state index contributed by atoms with van der Waals surface area (Å²) in [4.78, 5) is 2.51. The summed E-state index contributed by atoms with van der Waals surface area (Å²) < 4.78 is 0. The number of aliphatic hydroxyl groups excluding tert-OH is 1. The van der Waals surface area contributed by atoms with E-state index in [4.69, 9.17) is 0 Å². The van der Waals surface area contributed by atoms with E-state index in [1.165, 1.54) is 44.3 Å². The monoisotopic (exact) mass is 308 g/mol. The summed E-state index contributed by atoms with van der Waals surface area (Å²) in [5.41, 5.74) is 1.36. The predicted molar refractivity (Wildman–Crippen MR) is 90.1 cm³/mol. The number of anilines is 1. The largest absolute Gasteiger partial charge is 0.396 e. The summed E-state index contributed by atoms with van der Waals surface area (Å²) in [5, 5.41) is 17.5. The molecular weight excluding hydrogens is 280 g/mol. The van der Waals surface area contributed by atoms with E-state index in [0.29, 0.717) is 18.6 Å². The van der Waals surface area contributed by atoms with Gasteiger partial charge in [0.25, 0.3) is 0 Å². The molecule has 1 saturated heterocycles. The van der Waals surface area contributed by atoms with Crippen LogP contribution in [0.3, 0.4) is 0 Å². The molecule has 0 radical (unpaired) electrons. The standard InChI is InChI=1S/C17H28N2OS/c20-7-5-15-9-16(18-10-14-3-1-2-4-14)12-19(11-15)17-6-8-21-13-17/h6,8,13-16,18,20H,1-5,7,9-12H2. The van der Waals surface area contributed by atoms with Crippen LogP contribution in [0.25, 0.3) is 0 Å². The molecule has 1 aliphatic heterocycles. The topological polar surface area (TPSA) is 35.5 Å². The highest BCUT2D eigenvalue weighted by Crippen LogP contribution is 2.28. The van der Waals surface area contributed by atoms with E-state index in [-0.39, 0.29) is 0 Å². The van der Waals surface area contributed by atoms with Gasteiger partial charge in [-0.1, -0.05) is 12.8 Å². The van der Waals surface area contributed by atoms with Crippen molar-refractivity contribution in [1.82, 2.24) is 5.32 Å². The van der Waals surface area contributed by atoms with Crippen molar-refractivity contribution in [2.45, 2.75) is 44.6 Å². The number of rotatable bonds is 6. The molecule has 2 aliphatic rings. The number of aliphatic hydroxyl groups is 1. The fraction of sp³-hybridized carbons (Fsp3) is 0.765. The Hall–Kier alpha value is -0.580. The first-order valence-corrected chi connectivity index (χ1v) is 9.41. The third-order valence-electron chi connectivity index (χ3n) is 5.12. The molecule has 0 aromatic carbocycles. The second kappa shape index (κ2) is 7.61. The quantitative estimate of drug-likeness (QED) is 0.847. The van der Waals surface area contributed by atoms with Crippen LogP contribution in [0.1, 0.15) is 38.5 Å². The van der Waals surface area contributed by atoms with Crippen molar-refractivity contribution in [1.29, 1.82) is 0 Å². The van der Waals surface area contributed by atoms with Crippen LogP contribution in [0.4, 0.5) is 5.69 Å².